The Balaban J connectivity index is 2.79. The first-order valence-electron chi connectivity index (χ1n) is 14.5. The van der Waals surface area contributed by atoms with Crippen LogP contribution >= 0.6 is 12.2 Å². The second-order valence-electron chi connectivity index (χ2n) is 15.5. The van der Waals surface area contributed by atoms with Crippen molar-refractivity contribution in [3.05, 3.63) is 18.7 Å². The Morgan fingerprint density at radius 1 is 0.921 bits per heavy atom. The average Bonchev–Trinajstić information content (AvgIpc) is 3.24. The van der Waals surface area contributed by atoms with Gasteiger partial charge in [-0.1, -0.05) is 68.2 Å². The third-order valence-corrected chi connectivity index (χ3v) is 18.4. The van der Waals surface area contributed by atoms with Crippen LogP contribution < -0.4 is 0 Å². The molecule has 1 unspecified atom stereocenters. The minimum atomic E-state index is -1.80. The first kappa shape index (κ1) is 35.5. The quantitative estimate of drug-likeness (QED) is 0.161. The first-order chi connectivity index (χ1) is 17.0. The van der Waals surface area contributed by atoms with E-state index in [1.54, 1.807) is 17.1 Å². The molecular weight excluding hydrogens is 525 g/mol. The standard InChI is InChI=1S/C30H60N2O3SSi2/c1-25(16-15-17-29(8,9)35-38(13,14)28(5,6)7)22-30(10,18-21-34-37(11,12)27(2,3)4)23-33-26(36)32-20-19-31-24-32/h19-20,24-25H,15-18,21-23H2,1-14H3/t25-,30?/m0/s1. The average molecular weight is 585 g/mol. The third-order valence-electron chi connectivity index (χ3n) is 8.89. The van der Waals surface area contributed by atoms with Crippen LogP contribution in [0.4, 0.5) is 0 Å². The number of imidazole rings is 1. The van der Waals surface area contributed by atoms with E-state index in [-0.39, 0.29) is 21.1 Å². The lowest BCUT2D eigenvalue weighted by Gasteiger charge is -2.43. The maximum absolute atomic E-state index is 6.77. The zero-order valence-electron chi connectivity index (χ0n) is 27.3. The Kier molecular flexibility index (Phi) is 12.5. The minimum absolute atomic E-state index is 0.0282. The molecule has 0 aliphatic carbocycles. The number of aromatic nitrogens is 2. The summed E-state index contributed by atoms with van der Waals surface area (Å²) >= 11 is 5.52. The van der Waals surface area contributed by atoms with Gasteiger partial charge in [0.15, 0.2) is 16.6 Å². The maximum Gasteiger partial charge on any atom is 0.268 e. The topological polar surface area (TPSA) is 45.5 Å². The summed E-state index contributed by atoms with van der Waals surface area (Å²) in [6.45, 7) is 33.8. The first-order valence-corrected chi connectivity index (χ1v) is 20.7. The molecule has 0 aromatic carbocycles. The Morgan fingerprint density at radius 3 is 2.00 bits per heavy atom. The summed E-state index contributed by atoms with van der Waals surface area (Å²) in [6.07, 6.45) is 10.7. The number of nitrogens with zero attached hydrogens (tertiary/aromatic N) is 2. The van der Waals surface area contributed by atoms with Gasteiger partial charge in [-0.05, 0) is 87.5 Å². The molecule has 8 heteroatoms. The van der Waals surface area contributed by atoms with E-state index in [0.717, 1.165) is 32.3 Å². The highest BCUT2D eigenvalue weighted by Crippen LogP contribution is 2.41. The smallest absolute Gasteiger partial charge is 0.268 e. The normalized spacial score (nSPS) is 16.3. The van der Waals surface area contributed by atoms with Crippen LogP contribution in [0.5, 0.6) is 0 Å². The number of ether oxygens (including phenoxy) is 1. The molecule has 0 saturated carbocycles. The molecule has 0 spiro atoms. The summed E-state index contributed by atoms with van der Waals surface area (Å²) < 4.78 is 21.2. The van der Waals surface area contributed by atoms with Crippen LogP contribution in [-0.4, -0.2) is 50.2 Å². The Hall–Kier alpha value is -0.546. The number of rotatable bonds is 14. The van der Waals surface area contributed by atoms with Crippen molar-refractivity contribution in [2.45, 2.75) is 143 Å². The van der Waals surface area contributed by atoms with Gasteiger partial charge in [0, 0.05) is 24.4 Å². The highest BCUT2D eigenvalue weighted by molar-refractivity contribution is 7.80. The molecule has 0 N–H and O–H groups in total. The highest BCUT2D eigenvalue weighted by Gasteiger charge is 2.41. The highest BCUT2D eigenvalue weighted by atomic mass is 32.1. The van der Waals surface area contributed by atoms with Gasteiger partial charge >= 0.3 is 0 Å². The fourth-order valence-corrected chi connectivity index (χ4v) is 7.40. The van der Waals surface area contributed by atoms with E-state index in [1.807, 2.05) is 6.20 Å². The molecule has 0 aliphatic heterocycles. The van der Waals surface area contributed by atoms with E-state index >= 15 is 0 Å². The zero-order chi connectivity index (χ0) is 29.6. The summed E-state index contributed by atoms with van der Waals surface area (Å²) in [6, 6.07) is 0. The second-order valence-corrected chi connectivity index (χ2v) is 25.4. The van der Waals surface area contributed by atoms with Crippen LogP contribution in [0.25, 0.3) is 0 Å². The summed E-state index contributed by atoms with van der Waals surface area (Å²) in [5.74, 6) is 0.571. The van der Waals surface area contributed by atoms with Gasteiger partial charge in [0.25, 0.3) is 5.17 Å². The van der Waals surface area contributed by atoms with Crippen LogP contribution in [-0.2, 0) is 13.6 Å². The van der Waals surface area contributed by atoms with E-state index in [0.29, 0.717) is 17.7 Å². The van der Waals surface area contributed by atoms with E-state index in [2.05, 4.69) is 100 Å². The fourth-order valence-electron chi connectivity index (χ4n) is 4.39. The molecule has 0 radical (unpaired) electrons. The van der Waals surface area contributed by atoms with E-state index in [9.17, 15) is 0 Å². The Morgan fingerprint density at radius 2 is 1.50 bits per heavy atom. The largest absolute Gasteiger partial charge is 0.470 e. The second kappa shape index (κ2) is 13.4. The van der Waals surface area contributed by atoms with Gasteiger partial charge in [0.1, 0.15) is 6.33 Å². The summed E-state index contributed by atoms with van der Waals surface area (Å²) in [4.78, 5) is 4.10. The van der Waals surface area contributed by atoms with Gasteiger partial charge < -0.3 is 13.6 Å². The molecule has 38 heavy (non-hydrogen) atoms. The third kappa shape index (κ3) is 11.5. The Bertz CT molecular complexity index is 858. The van der Waals surface area contributed by atoms with Crippen molar-refractivity contribution in [3.63, 3.8) is 0 Å². The molecular formula is C30H60N2O3SSi2. The molecule has 0 aliphatic rings. The molecule has 1 rings (SSSR count). The van der Waals surface area contributed by atoms with Gasteiger partial charge in [-0.3, -0.25) is 4.57 Å². The molecule has 222 valence electrons. The summed E-state index contributed by atoms with van der Waals surface area (Å²) in [7, 11) is -3.59. The minimum Gasteiger partial charge on any atom is -0.470 e. The molecule has 5 nitrogen and oxygen atoms in total. The van der Waals surface area contributed by atoms with E-state index in [4.69, 9.17) is 25.8 Å². The van der Waals surface area contributed by atoms with Crippen molar-refractivity contribution in [2.75, 3.05) is 13.2 Å². The Labute approximate surface area is 243 Å². The predicted octanol–water partition coefficient (Wildman–Crippen LogP) is 9.45. The van der Waals surface area contributed by atoms with Crippen LogP contribution in [0.1, 0.15) is 101 Å². The van der Waals surface area contributed by atoms with Gasteiger partial charge in [0.05, 0.1) is 12.2 Å². The number of hydrogen-bond donors (Lipinski definition) is 0. The molecule has 1 aromatic rings. The van der Waals surface area contributed by atoms with Crippen molar-refractivity contribution in [3.8, 4) is 0 Å². The van der Waals surface area contributed by atoms with Crippen molar-refractivity contribution in [2.24, 2.45) is 11.3 Å². The number of hydrogen-bond acceptors (Lipinski definition) is 5. The van der Waals surface area contributed by atoms with E-state index in [1.165, 1.54) is 6.42 Å². The van der Waals surface area contributed by atoms with Crippen molar-refractivity contribution < 1.29 is 13.6 Å². The summed E-state index contributed by atoms with van der Waals surface area (Å²) in [5.41, 5.74) is -0.122. The van der Waals surface area contributed by atoms with Gasteiger partial charge in [0.2, 0.25) is 0 Å². The molecule has 1 heterocycles. The monoisotopic (exact) mass is 584 g/mol. The molecule has 0 fully saturated rings. The fraction of sp³-hybridized carbons (Fsp3) is 0.867. The molecule has 0 saturated heterocycles. The maximum atomic E-state index is 6.77. The molecule has 2 atom stereocenters. The van der Waals surface area contributed by atoms with Crippen LogP contribution in [0.2, 0.25) is 36.3 Å². The lowest BCUT2D eigenvalue weighted by molar-refractivity contribution is 0.0723. The van der Waals surface area contributed by atoms with Crippen molar-refractivity contribution in [1.82, 2.24) is 9.55 Å². The van der Waals surface area contributed by atoms with Crippen molar-refractivity contribution in [1.29, 1.82) is 0 Å². The lowest BCUT2D eigenvalue weighted by atomic mass is 9.78. The molecule has 0 amide bonds. The van der Waals surface area contributed by atoms with Gasteiger partial charge in [-0.2, -0.15) is 0 Å². The van der Waals surface area contributed by atoms with Crippen LogP contribution in [0.3, 0.4) is 0 Å². The predicted molar refractivity (Wildman–Crippen MR) is 172 cm³/mol. The van der Waals surface area contributed by atoms with Crippen molar-refractivity contribution >= 4 is 34.0 Å². The molecule has 0 bridgehead atoms. The molecule has 1 aromatic heterocycles. The lowest BCUT2D eigenvalue weighted by Crippen LogP contribution is -2.47. The van der Waals surface area contributed by atoms with Crippen LogP contribution in [0.15, 0.2) is 18.7 Å². The van der Waals surface area contributed by atoms with E-state index < -0.39 is 16.6 Å². The zero-order valence-corrected chi connectivity index (χ0v) is 30.1. The van der Waals surface area contributed by atoms with Gasteiger partial charge in [-0.15, -0.1) is 0 Å². The SMILES string of the molecule is C[C@@H](CCCC(C)(C)O[Si](C)(C)C(C)(C)C)CC(C)(CCO[Si](C)(C)C(C)(C)C)COC(=S)n1ccnc1. The van der Waals surface area contributed by atoms with Gasteiger partial charge in [-0.25, -0.2) is 4.98 Å². The number of thiocarbonyl (C=S) groups is 1. The van der Waals surface area contributed by atoms with Crippen LogP contribution in [0, 0.1) is 11.3 Å². The summed E-state index contributed by atoms with van der Waals surface area (Å²) in [5, 5.41) is 0.884.